The number of carbonyl (C=O) groups excluding carboxylic acids is 1. The first kappa shape index (κ1) is 12.3. The lowest BCUT2D eigenvalue weighted by Crippen LogP contribution is -2.48. The van der Waals surface area contributed by atoms with Crippen molar-refractivity contribution in [2.75, 3.05) is 0 Å². The number of benzene rings is 1. The number of nitrogens with one attached hydrogen (secondary N) is 2. The maximum atomic E-state index is 11.2. The van der Waals surface area contributed by atoms with Crippen molar-refractivity contribution in [2.45, 2.75) is 19.4 Å². The van der Waals surface area contributed by atoms with Crippen LogP contribution in [0.4, 0.5) is 4.79 Å². The van der Waals surface area contributed by atoms with Crippen molar-refractivity contribution >= 4 is 6.03 Å². The number of hydroxylamine groups is 1. The quantitative estimate of drug-likeness (QED) is 0.415. The molecule has 0 aliphatic heterocycles. The van der Waals surface area contributed by atoms with Crippen molar-refractivity contribution in [3.63, 3.8) is 0 Å². The second kappa shape index (κ2) is 4.81. The first-order chi connectivity index (χ1) is 7.50. The van der Waals surface area contributed by atoms with Crippen molar-refractivity contribution in [1.82, 2.24) is 10.8 Å². The Morgan fingerprint density at radius 2 is 1.94 bits per heavy atom. The predicted molar refractivity (Wildman–Crippen MR) is 62.1 cm³/mol. The largest absolute Gasteiger partial charge is 0.339 e. The van der Waals surface area contributed by atoms with Crippen molar-refractivity contribution in [2.24, 2.45) is 0 Å². The van der Waals surface area contributed by atoms with E-state index in [1.54, 1.807) is 5.48 Å². The highest BCUT2D eigenvalue weighted by atomic mass is 16.5. The lowest BCUT2D eigenvalue weighted by Gasteiger charge is -2.31. The molecule has 4 heteroatoms. The highest BCUT2D eigenvalue weighted by Crippen LogP contribution is 2.27. The zero-order chi connectivity index (χ0) is 12.2. The highest BCUT2D eigenvalue weighted by Gasteiger charge is 2.29. The molecule has 4 nitrogen and oxygen atoms in total. The fraction of sp³-hybridized carbons (Fsp3) is 0.250. The summed E-state index contributed by atoms with van der Waals surface area (Å²) >= 11 is 0. The molecular formula is C12H16N2O2. The van der Waals surface area contributed by atoms with Crippen molar-refractivity contribution < 1.29 is 10.0 Å². The van der Waals surface area contributed by atoms with Gasteiger partial charge in [0.2, 0.25) is 0 Å². The maximum absolute atomic E-state index is 11.2. The van der Waals surface area contributed by atoms with Gasteiger partial charge in [-0.1, -0.05) is 42.5 Å². The first-order valence-electron chi connectivity index (χ1n) is 4.94. The van der Waals surface area contributed by atoms with Gasteiger partial charge in [-0.3, -0.25) is 5.21 Å². The van der Waals surface area contributed by atoms with Gasteiger partial charge in [-0.05, 0) is 19.4 Å². The molecule has 3 N–H and O–H groups in total. The minimum absolute atomic E-state index is 0.658. The van der Waals surface area contributed by atoms with Crippen LogP contribution >= 0.6 is 0 Å². The number of carbonyl (C=O) groups is 1. The maximum Gasteiger partial charge on any atom is 0.339 e. The van der Waals surface area contributed by atoms with Gasteiger partial charge >= 0.3 is 6.03 Å². The Hall–Kier alpha value is -1.81. The topological polar surface area (TPSA) is 61.4 Å². The Morgan fingerprint density at radius 3 is 2.38 bits per heavy atom. The van der Waals surface area contributed by atoms with Gasteiger partial charge in [0.25, 0.3) is 0 Å². The molecule has 0 heterocycles. The van der Waals surface area contributed by atoms with E-state index in [2.05, 4.69) is 11.9 Å². The van der Waals surface area contributed by atoms with E-state index >= 15 is 0 Å². The fourth-order valence-electron chi connectivity index (χ4n) is 1.45. The molecule has 0 radical (unpaired) electrons. The standard InChI is InChI=1S/C12H16N2O2/c1-9(2)12(3,13-11(15)14-16)10-7-5-4-6-8-10/h4-8,16H,1H2,2-3H3,(H2,13,14,15). The molecule has 0 saturated carbocycles. The second-order valence-corrected chi connectivity index (χ2v) is 3.84. The van der Waals surface area contributed by atoms with Crippen LogP contribution in [-0.2, 0) is 5.54 Å². The summed E-state index contributed by atoms with van der Waals surface area (Å²) in [6, 6.07) is 8.80. The predicted octanol–water partition coefficient (Wildman–Crippen LogP) is 2.17. The molecule has 0 spiro atoms. The molecule has 0 saturated heterocycles. The third-order valence-corrected chi connectivity index (χ3v) is 2.67. The van der Waals surface area contributed by atoms with Gasteiger partial charge in [-0.25, -0.2) is 10.3 Å². The SMILES string of the molecule is C=C(C)C(C)(NC(=O)NO)c1ccccc1. The summed E-state index contributed by atoms with van der Waals surface area (Å²) in [4.78, 5) is 11.2. The third kappa shape index (κ3) is 2.41. The van der Waals surface area contributed by atoms with Crippen LogP contribution in [0.5, 0.6) is 0 Å². The summed E-state index contributed by atoms with van der Waals surface area (Å²) in [6.45, 7) is 7.52. The van der Waals surface area contributed by atoms with Gasteiger partial charge < -0.3 is 5.32 Å². The lowest BCUT2D eigenvalue weighted by molar-refractivity contribution is 0.155. The van der Waals surface area contributed by atoms with Gasteiger partial charge in [0, 0.05) is 0 Å². The molecular weight excluding hydrogens is 204 g/mol. The highest BCUT2D eigenvalue weighted by molar-refractivity contribution is 5.74. The summed E-state index contributed by atoms with van der Waals surface area (Å²) in [5.41, 5.74) is 2.54. The number of amides is 2. The minimum Gasteiger partial charge on any atom is -0.323 e. The monoisotopic (exact) mass is 220 g/mol. The van der Waals surface area contributed by atoms with Crippen molar-refractivity contribution in [3.05, 3.63) is 48.0 Å². The number of hydrogen-bond acceptors (Lipinski definition) is 2. The van der Waals surface area contributed by atoms with E-state index < -0.39 is 11.6 Å². The van der Waals surface area contributed by atoms with Crippen LogP contribution in [0.1, 0.15) is 19.4 Å². The van der Waals surface area contributed by atoms with E-state index in [0.717, 1.165) is 11.1 Å². The molecule has 0 bridgehead atoms. The molecule has 16 heavy (non-hydrogen) atoms. The van der Waals surface area contributed by atoms with E-state index in [-0.39, 0.29) is 0 Å². The average Bonchev–Trinajstić information content (AvgIpc) is 2.29. The Morgan fingerprint density at radius 1 is 1.38 bits per heavy atom. The van der Waals surface area contributed by atoms with Gasteiger partial charge in [-0.15, -0.1) is 0 Å². The molecule has 2 amide bonds. The van der Waals surface area contributed by atoms with E-state index in [1.165, 1.54) is 0 Å². The van der Waals surface area contributed by atoms with Crippen LogP contribution in [0.15, 0.2) is 42.5 Å². The minimum atomic E-state index is -0.700. The van der Waals surface area contributed by atoms with Crippen LogP contribution in [0.3, 0.4) is 0 Å². The van der Waals surface area contributed by atoms with Gasteiger partial charge in [-0.2, -0.15) is 0 Å². The van der Waals surface area contributed by atoms with E-state index in [1.807, 2.05) is 44.2 Å². The molecule has 0 aliphatic carbocycles. The summed E-state index contributed by atoms with van der Waals surface area (Å²) in [5.74, 6) is 0. The second-order valence-electron chi connectivity index (χ2n) is 3.84. The summed E-state index contributed by atoms with van der Waals surface area (Å²) in [6.07, 6.45) is 0. The van der Waals surface area contributed by atoms with E-state index in [4.69, 9.17) is 5.21 Å². The van der Waals surface area contributed by atoms with Crippen molar-refractivity contribution in [1.29, 1.82) is 0 Å². The molecule has 1 unspecified atom stereocenters. The summed E-state index contributed by atoms with van der Waals surface area (Å²) < 4.78 is 0. The van der Waals surface area contributed by atoms with Gasteiger partial charge in [0.15, 0.2) is 0 Å². The molecule has 1 aromatic rings. The lowest BCUT2D eigenvalue weighted by atomic mass is 9.86. The van der Waals surface area contributed by atoms with Crippen LogP contribution < -0.4 is 10.8 Å². The van der Waals surface area contributed by atoms with E-state index in [0.29, 0.717) is 0 Å². The molecule has 0 fully saturated rings. The molecule has 0 aliphatic rings. The first-order valence-corrected chi connectivity index (χ1v) is 4.94. The van der Waals surface area contributed by atoms with Crippen molar-refractivity contribution in [3.8, 4) is 0 Å². The van der Waals surface area contributed by atoms with Gasteiger partial charge in [0.05, 0.1) is 5.54 Å². The Kier molecular flexibility index (Phi) is 3.68. The molecule has 0 aromatic heterocycles. The smallest absolute Gasteiger partial charge is 0.323 e. The van der Waals surface area contributed by atoms with Crippen LogP contribution in [0.25, 0.3) is 0 Å². The molecule has 1 aromatic carbocycles. The van der Waals surface area contributed by atoms with Gasteiger partial charge in [0.1, 0.15) is 0 Å². The molecule has 1 atom stereocenters. The number of rotatable bonds is 3. The van der Waals surface area contributed by atoms with Crippen LogP contribution in [0, 0.1) is 0 Å². The van der Waals surface area contributed by atoms with Crippen LogP contribution in [-0.4, -0.2) is 11.2 Å². The summed E-state index contributed by atoms with van der Waals surface area (Å²) in [7, 11) is 0. The van der Waals surface area contributed by atoms with Crippen LogP contribution in [0.2, 0.25) is 0 Å². The Balaban J connectivity index is 3.07. The Labute approximate surface area is 94.9 Å². The molecule has 1 rings (SSSR count). The fourth-order valence-corrected chi connectivity index (χ4v) is 1.45. The normalized spacial score (nSPS) is 13.7. The number of hydrogen-bond donors (Lipinski definition) is 3. The summed E-state index contributed by atoms with van der Waals surface area (Å²) in [5, 5.41) is 11.2. The molecule has 86 valence electrons. The van der Waals surface area contributed by atoms with E-state index in [9.17, 15) is 4.79 Å². The Bertz CT molecular complexity index is 389. The zero-order valence-electron chi connectivity index (χ0n) is 9.45. The third-order valence-electron chi connectivity index (χ3n) is 2.67. The average molecular weight is 220 g/mol. The number of urea groups is 1. The zero-order valence-corrected chi connectivity index (χ0v) is 9.45.